The lowest BCUT2D eigenvalue weighted by molar-refractivity contribution is 0.251. The quantitative estimate of drug-likeness (QED) is 0.842. The molecule has 112 valence electrons. The summed E-state index contributed by atoms with van der Waals surface area (Å²) >= 11 is 0. The standard InChI is InChI=1S/C13H24N2O2S.ClH/c1-15(18(16,17)7-6-10-2-3-10)13-8-11-4-5-12(9-13)14-11;/h10-14H,2-9H2,1H3;1H. The van der Waals surface area contributed by atoms with Crippen molar-refractivity contribution in [3.63, 3.8) is 0 Å². The van der Waals surface area contributed by atoms with Crippen molar-refractivity contribution in [2.45, 2.75) is 63.1 Å². The van der Waals surface area contributed by atoms with Gasteiger partial charge >= 0.3 is 0 Å². The van der Waals surface area contributed by atoms with E-state index in [1.807, 2.05) is 0 Å². The Labute approximate surface area is 122 Å². The van der Waals surface area contributed by atoms with Crippen LogP contribution in [0.5, 0.6) is 0 Å². The highest BCUT2D eigenvalue weighted by atomic mass is 35.5. The van der Waals surface area contributed by atoms with E-state index in [0.29, 0.717) is 23.8 Å². The fourth-order valence-electron chi connectivity index (χ4n) is 3.42. The Morgan fingerprint density at radius 2 is 1.68 bits per heavy atom. The fraction of sp³-hybridized carbons (Fsp3) is 1.00. The molecule has 0 aromatic heterocycles. The van der Waals surface area contributed by atoms with Crippen LogP contribution in [-0.4, -0.2) is 43.6 Å². The Hall–Kier alpha value is 0.160. The van der Waals surface area contributed by atoms with Crippen LogP contribution in [0.1, 0.15) is 44.9 Å². The average Bonchev–Trinajstić information content (AvgIpc) is 3.12. The number of nitrogens with one attached hydrogen (secondary N) is 1. The molecule has 4 nitrogen and oxygen atoms in total. The van der Waals surface area contributed by atoms with Gasteiger partial charge in [-0.2, -0.15) is 0 Å². The lowest BCUT2D eigenvalue weighted by atomic mass is 10.0. The van der Waals surface area contributed by atoms with Crippen LogP contribution in [-0.2, 0) is 10.0 Å². The molecule has 1 aliphatic carbocycles. The molecule has 1 saturated carbocycles. The highest BCUT2D eigenvalue weighted by Crippen LogP contribution is 2.34. The molecule has 2 saturated heterocycles. The molecule has 2 heterocycles. The van der Waals surface area contributed by atoms with Gasteiger partial charge in [-0.25, -0.2) is 12.7 Å². The maximum Gasteiger partial charge on any atom is 0.214 e. The lowest BCUT2D eigenvalue weighted by Crippen LogP contribution is -2.49. The fourth-order valence-corrected chi connectivity index (χ4v) is 4.96. The van der Waals surface area contributed by atoms with E-state index in [4.69, 9.17) is 0 Å². The molecule has 0 aromatic rings. The Morgan fingerprint density at radius 3 is 2.21 bits per heavy atom. The number of hydrogen-bond acceptors (Lipinski definition) is 3. The molecule has 0 radical (unpaired) electrons. The highest BCUT2D eigenvalue weighted by molar-refractivity contribution is 7.89. The Balaban J connectivity index is 0.00000133. The predicted octanol–water partition coefficient (Wildman–Crippen LogP) is 1.75. The van der Waals surface area contributed by atoms with Crippen molar-refractivity contribution >= 4 is 22.4 Å². The zero-order valence-corrected chi connectivity index (χ0v) is 13.2. The average molecular weight is 309 g/mol. The summed E-state index contributed by atoms with van der Waals surface area (Å²) in [6.07, 6.45) is 7.76. The molecular formula is C13H25ClN2O2S. The van der Waals surface area contributed by atoms with Crippen LogP contribution < -0.4 is 5.32 Å². The van der Waals surface area contributed by atoms with E-state index >= 15 is 0 Å². The number of piperidine rings is 1. The van der Waals surface area contributed by atoms with Crippen LogP contribution in [0.2, 0.25) is 0 Å². The minimum atomic E-state index is -3.03. The smallest absolute Gasteiger partial charge is 0.214 e. The third-order valence-electron chi connectivity index (χ3n) is 4.88. The van der Waals surface area contributed by atoms with Crippen LogP contribution >= 0.6 is 12.4 Å². The van der Waals surface area contributed by atoms with Crippen LogP contribution in [0, 0.1) is 5.92 Å². The van der Waals surface area contributed by atoms with Gasteiger partial charge in [-0.05, 0) is 38.0 Å². The van der Waals surface area contributed by atoms with Gasteiger partial charge in [-0.3, -0.25) is 0 Å². The van der Waals surface area contributed by atoms with E-state index in [1.54, 1.807) is 11.4 Å². The second-order valence-corrected chi connectivity index (χ2v) is 8.48. The number of sulfonamides is 1. The molecule has 19 heavy (non-hydrogen) atoms. The van der Waals surface area contributed by atoms with Gasteiger partial charge in [-0.15, -0.1) is 12.4 Å². The minimum absolute atomic E-state index is 0. The van der Waals surface area contributed by atoms with Crippen LogP contribution in [0.15, 0.2) is 0 Å². The SMILES string of the molecule is CN(C1CC2CCC(C1)N2)S(=O)(=O)CCC1CC1.Cl. The number of nitrogens with zero attached hydrogens (tertiary/aromatic N) is 1. The summed E-state index contributed by atoms with van der Waals surface area (Å²) in [5.41, 5.74) is 0. The molecule has 2 atom stereocenters. The van der Waals surface area contributed by atoms with Crippen LogP contribution in [0.3, 0.4) is 0 Å². The van der Waals surface area contributed by atoms with Crippen LogP contribution in [0.25, 0.3) is 0 Å². The second kappa shape index (κ2) is 5.88. The van der Waals surface area contributed by atoms with Crippen molar-refractivity contribution in [1.82, 2.24) is 9.62 Å². The zero-order chi connectivity index (χ0) is 12.8. The van der Waals surface area contributed by atoms with Gasteiger partial charge in [0, 0.05) is 25.2 Å². The van der Waals surface area contributed by atoms with Gasteiger partial charge < -0.3 is 5.32 Å². The Morgan fingerprint density at radius 1 is 1.11 bits per heavy atom. The first kappa shape index (κ1) is 15.5. The van der Waals surface area contributed by atoms with E-state index < -0.39 is 10.0 Å². The minimum Gasteiger partial charge on any atom is -0.311 e. The Kier molecular flexibility index (Phi) is 4.81. The summed E-state index contributed by atoms with van der Waals surface area (Å²) in [6.45, 7) is 0. The van der Waals surface area contributed by atoms with Crippen molar-refractivity contribution in [1.29, 1.82) is 0 Å². The molecule has 1 N–H and O–H groups in total. The number of hydrogen-bond donors (Lipinski definition) is 1. The van der Waals surface area contributed by atoms with Gasteiger partial charge in [0.25, 0.3) is 0 Å². The lowest BCUT2D eigenvalue weighted by Gasteiger charge is -2.34. The first-order valence-corrected chi connectivity index (χ1v) is 8.87. The molecule has 2 bridgehead atoms. The van der Waals surface area contributed by atoms with Crippen molar-refractivity contribution in [3.05, 3.63) is 0 Å². The maximum atomic E-state index is 12.3. The molecule has 6 heteroatoms. The van der Waals surface area contributed by atoms with Crippen molar-refractivity contribution in [2.24, 2.45) is 5.92 Å². The largest absolute Gasteiger partial charge is 0.311 e. The van der Waals surface area contributed by atoms with E-state index in [1.165, 1.54) is 25.7 Å². The molecule has 0 aromatic carbocycles. The molecule has 3 rings (SSSR count). The first-order valence-electron chi connectivity index (χ1n) is 7.26. The van der Waals surface area contributed by atoms with Gasteiger partial charge in [0.1, 0.15) is 0 Å². The molecule has 2 unspecified atom stereocenters. The third-order valence-corrected chi connectivity index (χ3v) is 6.81. The van der Waals surface area contributed by atoms with E-state index in [0.717, 1.165) is 19.3 Å². The van der Waals surface area contributed by atoms with Crippen molar-refractivity contribution in [2.75, 3.05) is 12.8 Å². The maximum absolute atomic E-state index is 12.3. The summed E-state index contributed by atoms with van der Waals surface area (Å²) in [5, 5.41) is 3.57. The molecule has 0 spiro atoms. The molecule has 3 aliphatic rings. The van der Waals surface area contributed by atoms with E-state index in [9.17, 15) is 8.42 Å². The van der Waals surface area contributed by atoms with Gasteiger partial charge in [0.05, 0.1) is 5.75 Å². The van der Waals surface area contributed by atoms with Crippen LogP contribution in [0.4, 0.5) is 0 Å². The van der Waals surface area contributed by atoms with Gasteiger partial charge in [-0.1, -0.05) is 12.8 Å². The number of rotatable bonds is 5. The van der Waals surface area contributed by atoms with Gasteiger partial charge in [0.15, 0.2) is 0 Å². The molecule has 0 amide bonds. The van der Waals surface area contributed by atoms with E-state index in [-0.39, 0.29) is 18.4 Å². The zero-order valence-electron chi connectivity index (χ0n) is 11.5. The number of fused-ring (bicyclic) bond motifs is 2. The molecule has 2 aliphatic heterocycles. The summed E-state index contributed by atoms with van der Waals surface area (Å²) in [7, 11) is -1.24. The molecule has 3 fully saturated rings. The van der Waals surface area contributed by atoms with Crippen molar-refractivity contribution in [3.8, 4) is 0 Å². The summed E-state index contributed by atoms with van der Waals surface area (Å²) in [5.74, 6) is 1.05. The monoisotopic (exact) mass is 308 g/mol. The number of halogens is 1. The second-order valence-electron chi connectivity index (χ2n) is 6.33. The first-order chi connectivity index (χ1) is 8.54. The van der Waals surface area contributed by atoms with Gasteiger partial charge in [0.2, 0.25) is 10.0 Å². The summed E-state index contributed by atoms with van der Waals surface area (Å²) < 4.78 is 26.3. The predicted molar refractivity (Wildman–Crippen MR) is 79.1 cm³/mol. The van der Waals surface area contributed by atoms with E-state index in [2.05, 4.69) is 5.32 Å². The van der Waals surface area contributed by atoms with Crippen molar-refractivity contribution < 1.29 is 8.42 Å². The normalized spacial score (nSPS) is 34.3. The topological polar surface area (TPSA) is 49.4 Å². The molecular weight excluding hydrogens is 284 g/mol. The summed E-state index contributed by atoms with van der Waals surface area (Å²) in [4.78, 5) is 0. The summed E-state index contributed by atoms with van der Waals surface area (Å²) in [6, 6.07) is 1.33. The third kappa shape index (κ3) is 3.63. The Bertz CT molecular complexity index is 399. The highest BCUT2D eigenvalue weighted by Gasteiger charge is 2.38.